The van der Waals surface area contributed by atoms with Crippen molar-refractivity contribution >= 4 is 17.7 Å². The minimum Gasteiger partial charge on any atom is -0.472 e. The molecule has 0 aliphatic rings. The van der Waals surface area contributed by atoms with Gasteiger partial charge in [0.25, 0.3) is 0 Å². The molecule has 0 bridgehead atoms. The first-order valence-electron chi connectivity index (χ1n) is 6.38. The van der Waals surface area contributed by atoms with E-state index in [2.05, 4.69) is 9.84 Å². The lowest BCUT2D eigenvalue weighted by atomic mass is 10.1. The fourth-order valence-corrected chi connectivity index (χ4v) is 2.54. The third-order valence-electron chi connectivity index (χ3n) is 2.82. The van der Waals surface area contributed by atoms with Gasteiger partial charge in [0.05, 0.1) is 12.7 Å². The molecule has 5 nitrogen and oxygen atoms in total. The molecule has 0 unspecified atom stereocenters. The fraction of sp³-hybridized carbons (Fsp3) is 0.286. The molecule has 2 rings (SSSR count). The van der Waals surface area contributed by atoms with E-state index in [1.165, 1.54) is 22.9 Å². The van der Waals surface area contributed by atoms with Crippen LogP contribution in [0.3, 0.4) is 0 Å². The Balaban J connectivity index is 2.33. The Hall–Kier alpha value is -2.16. The molecule has 1 aromatic carbocycles. The Morgan fingerprint density at radius 2 is 2.09 bits per heavy atom. The summed E-state index contributed by atoms with van der Waals surface area (Å²) in [6.45, 7) is -0.235. The molecule has 0 saturated carbocycles. The molecule has 1 aromatic heterocycles. The number of thioether (sulfide) groups is 1. The summed E-state index contributed by atoms with van der Waals surface area (Å²) in [5, 5.41) is 3.97. The molecule has 0 amide bonds. The Morgan fingerprint density at radius 3 is 2.65 bits per heavy atom. The number of methoxy groups -OCH3 is 1. The minimum atomic E-state index is -4.48. The second kappa shape index (κ2) is 6.95. The molecule has 124 valence electrons. The lowest BCUT2D eigenvalue weighted by Gasteiger charge is -2.14. The number of aromatic nitrogens is 2. The van der Waals surface area contributed by atoms with Crippen LogP contribution >= 0.6 is 11.8 Å². The van der Waals surface area contributed by atoms with Gasteiger partial charge in [-0.1, -0.05) is 6.07 Å². The maximum Gasteiger partial charge on any atom is 0.446 e. The monoisotopic (exact) mass is 346 g/mol. The fourth-order valence-electron chi connectivity index (χ4n) is 1.85. The number of carbonyl (C=O) groups is 1. The lowest BCUT2D eigenvalue weighted by Crippen LogP contribution is -2.11. The summed E-state index contributed by atoms with van der Waals surface area (Å²) in [6.07, 6.45) is 1.63. The van der Waals surface area contributed by atoms with Crippen molar-refractivity contribution in [2.45, 2.75) is 17.0 Å². The summed E-state index contributed by atoms with van der Waals surface area (Å²) in [4.78, 5) is 11.7. The van der Waals surface area contributed by atoms with Gasteiger partial charge in [-0.2, -0.15) is 13.2 Å². The molecule has 0 aliphatic carbocycles. The van der Waals surface area contributed by atoms with Gasteiger partial charge in [0.1, 0.15) is 6.61 Å². The van der Waals surface area contributed by atoms with E-state index in [4.69, 9.17) is 4.74 Å². The van der Waals surface area contributed by atoms with Crippen molar-refractivity contribution in [3.63, 3.8) is 0 Å². The second-order valence-electron chi connectivity index (χ2n) is 4.44. The molecule has 0 atom stereocenters. The normalized spacial score (nSPS) is 11.3. The largest absolute Gasteiger partial charge is 0.472 e. The average molecular weight is 346 g/mol. The van der Waals surface area contributed by atoms with Crippen molar-refractivity contribution in [2.24, 2.45) is 7.05 Å². The highest BCUT2D eigenvalue weighted by Gasteiger charge is 2.31. The van der Waals surface area contributed by atoms with Gasteiger partial charge in [-0.3, -0.25) is 4.68 Å². The van der Waals surface area contributed by atoms with Gasteiger partial charge >= 0.3 is 11.5 Å². The van der Waals surface area contributed by atoms with Crippen LogP contribution in [0.4, 0.5) is 13.2 Å². The number of rotatable bonds is 5. The van der Waals surface area contributed by atoms with E-state index in [0.29, 0.717) is 0 Å². The zero-order chi connectivity index (χ0) is 17.0. The molecule has 0 aliphatic heterocycles. The molecule has 23 heavy (non-hydrogen) atoms. The summed E-state index contributed by atoms with van der Waals surface area (Å²) in [7, 11) is 2.84. The summed E-state index contributed by atoms with van der Waals surface area (Å²) < 4.78 is 49.6. The smallest absolute Gasteiger partial charge is 0.446 e. The molecule has 0 spiro atoms. The zero-order valence-corrected chi connectivity index (χ0v) is 13.1. The number of alkyl halides is 3. The van der Waals surface area contributed by atoms with Crippen LogP contribution in [-0.2, 0) is 18.4 Å². The van der Waals surface area contributed by atoms with E-state index in [0.717, 1.165) is 7.11 Å². The van der Waals surface area contributed by atoms with Crippen LogP contribution < -0.4 is 4.74 Å². The highest BCUT2D eigenvalue weighted by molar-refractivity contribution is 8.00. The maximum absolute atomic E-state index is 12.7. The van der Waals surface area contributed by atoms with E-state index >= 15 is 0 Å². The van der Waals surface area contributed by atoms with Crippen LogP contribution in [0, 0.1) is 0 Å². The number of benzene rings is 1. The third kappa shape index (κ3) is 4.65. The van der Waals surface area contributed by atoms with Crippen molar-refractivity contribution in [1.29, 1.82) is 0 Å². The van der Waals surface area contributed by atoms with Crippen LogP contribution in [-0.4, -0.2) is 28.4 Å². The predicted octanol–water partition coefficient (Wildman–Crippen LogP) is 3.40. The van der Waals surface area contributed by atoms with Gasteiger partial charge in [0, 0.05) is 29.8 Å². The van der Waals surface area contributed by atoms with E-state index in [9.17, 15) is 18.0 Å². The number of esters is 1. The first-order valence-corrected chi connectivity index (χ1v) is 7.20. The molecule has 0 N–H and O–H groups in total. The third-order valence-corrected chi connectivity index (χ3v) is 3.65. The lowest BCUT2D eigenvalue weighted by molar-refractivity contribution is -0.0328. The van der Waals surface area contributed by atoms with Crippen LogP contribution in [0.1, 0.15) is 15.9 Å². The van der Waals surface area contributed by atoms with Gasteiger partial charge in [-0.05, 0) is 23.9 Å². The van der Waals surface area contributed by atoms with Crippen molar-refractivity contribution in [3.8, 4) is 5.88 Å². The molecule has 2 aromatic rings. The van der Waals surface area contributed by atoms with E-state index in [-0.39, 0.29) is 40.3 Å². The highest BCUT2D eigenvalue weighted by Crippen LogP contribution is 2.39. The van der Waals surface area contributed by atoms with E-state index in [1.807, 2.05) is 0 Å². The molecule has 0 radical (unpaired) electrons. The van der Waals surface area contributed by atoms with Crippen molar-refractivity contribution in [1.82, 2.24) is 9.78 Å². The number of nitrogens with zero attached hydrogens (tertiary/aromatic N) is 2. The predicted molar refractivity (Wildman–Crippen MR) is 77.2 cm³/mol. The van der Waals surface area contributed by atoms with Gasteiger partial charge in [0.2, 0.25) is 5.88 Å². The minimum absolute atomic E-state index is 0.0256. The van der Waals surface area contributed by atoms with E-state index < -0.39 is 11.5 Å². The van der Waals surface area contributed by atoms with Gasteiger partial charge in [0.15, 0.2) is 0 Å². The summed E-state index contributed by atoms with van der Waals surface area (Å²) in [5.74, 6) is -0.482. The Morgan fingerprint density at radius 1 is 1.35 bits per heavy atom. The number of ether oxygens (including phenoxy) is 2. The number of aryl methyl sites for hydroxylation is 1. The summed E-state index contributed by atoms with van der Waals surface area (Å²) in [5.41, 5.74) is -4.35. The summed E-state index contributed by atoms with van der Waals surface area (Å²) >= 11 is -0.304. The standard InChI is InChI=1S/C14H13F3N2O3S/c1-19-7-6-12(18-19)22-8-10-9(13(20)21-2)4-3-5-11(10)23-14(15,16)17/h3-7H,8H2,1-2H3. The molecule has 1 heterocycles. The van der Waals surface area contributed by atoms with Crippen molar-refractivity contribution in [2.75, 3.05) is 7.11 Å². The first-order chi connectivity index (χ1) is 10.8. The van der Waals surface area contributed by atoms with Crippen LogP contribution in [0.15, 0.2) is 35.4 Å². The molecular weight excluding hydrogens is 333 g/mol. The topological polar surface area (TPSA) is 53.4 Å². The van der Waals surface area contributed by atoms with Gasteiger partial charge < -0.3 is 9.47 Å². The number of hydrogen-bond donors (Lipinski definition) is 0. The summed E-state index contributed by atoms with van der Waals surface area (Å²) in [6, 6.07) is 5.60. The highest BCUT2D eigenvalue weighted by atomic mass is 32.2. The van der Waals surface area contributed by atoms with Crippen molar-refractivity contribution in [3.05, 3.63) is 41.6 Å². The molecule has 0 saturated heterocycles. The molecule has 9 heteroatoms. The van der Waals surface area contributed by atoms with Crippen molar-refractivity contribution < 1.29 is 27.4 Å². The second-order valence-corrected chi connectivity index (χ2v) is 5.54. The SMILES string of the molecule is COC(=O)c1cccc(SC(F)(F)F)c1COc1ccn(C)n1. The Kier molecular flexibility index (Phi) is 5.19. The Bertz CT molecular complexity index is 701. The van der Waals surface area contributed by atoms with Crippen LogP contribution in [0.25, 0.3) is 0 Å². The first kappa shape index (κ1) is 17.2. The zero-order valence-electron chi connectivity index (χ0n) is 12.3. The quantitative estimate of drug-likeness (QED) is 0.613. The van der Waals surface area contributed by atoms with Crippen LogP contribution in [0.2, 0.25) is 0 Å². The number of halogens is 3. The van der Waals surface area contributed by atoms with E-state index in [1.54, 1.807) is 19.3 Å². The van der Waals surface area contributed by atoms with Gasteiger partial charge in [-0.25, -0.2) is 4.79 Å². The Labute approximate surface area is 134 Å². The maximum atomic E-state index is 12.7. The number of hydrogen-bond acceptors (Lipinski definition) is 5. The average Bonchev–Trinajstić information content (AvgIpc) is 2.89. The van der Waals surface area contributed by atoms with Crippen LogP contribution in [0.5, 0.6) is 5.88 Å². The molecular formula is C14H13F3N2O3S. The molecule has 0 fully saturated rings. The number of carbonyl (C=O) groups excluding carboxylic acids is 1. The van der Waals surface area contributed by atoms with Gasteiger partial charge in [-0.15, -0.1) is 5.10 Å².